The number of rotatable bonds is 9. The first-order chi connectivity index (χ1) is 14.4. The molecule has 0 fully saturated rings. The van der Waals surface area contributed by atoms with Gasteiger partial charge in [0.25, 0.3) is 11.8 Å². The van der Waals surface area contributed by atoms with Crippen molar-refractivity contribution in [1.29, 1.82) is 0 Å². The summed E-state index contributed by atoms with van der Waals surface area (Å²) < 4.78 is 20.8. The van der Waals surface area contributed by atoms with Crippen LogP contribution in [0.2, 0.25) is 0 Å². The van der Waals surface area contributed by atoms with Crippen LogP contribution < -0.4 is 25.1 Å². The molecule has 2 aromatic rings. The summed E-state index contributed by atoms with van der Waals surface area (Å²) in [7, 11) is 1.55. The quantitative estimate of drug-likeness (QED) is 0.474. The summed E-state index contributed by atoms with van der Waals surface area (Å²) >= 11 is 0. The fourth-order valence-electron chi connectivity index (χ4n) is 2.23. The SMILES string of the molecule is CCOC(=O)c1ccc(OCC(=O)NNC(=O)C(C)Oc2ccc(OC)cc2)cc1. The van der Waals surface area contributed by atoms with Gasteiger partial charge in [-0.15, -0.1) is 0 Å². The first kappa shape index (κ1) is 22.5. The van der Waals surface area contributed by atoms with Gasteiger partial charge in [0.1, 0.15) is 17.2 Å². The number of esters is 1. The molecule has 0 aliphatic rings. The molecule has 0 bridgehead atoms. The van der Waals surface area contributed by atoms with E-state index < -0.39 is 23.9 Å². The Bertz CT molecular complexity index is 851. The van der Waals surface area contributed by atoms with Crippen molar-refractivity contribution in [2.45, 2.75) is 20.0 Å². The predicted octanol–water partition coefficient (Wildman–Crippen LogP) is 1.87. The molecule has 0 spiro atoms. The van der Waals surface area contributed by atoms with Crippen molar-refractivity contribution in [1.82, 2.24) is 10.9 Å². The van der Waals surface area contributed by atoms with Crippen molar-refractivity contribution in [3.05, 3.63) is 54.1 Å². The molecule has 160 valence electrons. The van der Waals surface area contributed by atoms with Crippen LogP contribution in [0.1, 0.15) is 24.2 Å². The zero-order chi connectivity index (χ0) is 21.9. The number of amides is 2. The summed E-state index contributed by atoms with van der Waals surface area (Å²) in [6.07, 6.45) is -0.838. The summed E-state index contributed by atoms with van der Waals surface area (Å²) in [5, 5.41) is 0. The van der Waals surface area contributed by atoms with Gasteiger partial charge in [-0.3, -0.25) is 20.4 Å². The lowest BCUT2D eigenvalue weighted by Gasteiger charge is -2.15. The van der Waals surface area contributed by atoms with E-state index in [1.54, 1.807) is 57.4 Å². The van der Waals surface area contributed by atoms with Crippen LogP contribution in [0.5, 0.6) is 17.2 Å². The summed E-state index contributed by atoms with van der Waals surface area (Å²) in [5.41, 5.74) is 4.90. The van der Waals surface area contributed by atoms with Crippen LogP contribution in [-0.2, 0) is 14.3 Å². The molecule has 0 saturated carbocycles. The third-order valence-corrected chi connectivity index (χ3v) is 3.80. The predicted molar refractivity (Wildman–Crippen MR) is 107 cm³/mol. The minimum Gasteiger partial charge on any atom is -0.497 e. The molecule has 0 aliphatic carbocycles. The van der Waals surface area contributed by atoms with Gasteiger partial charge in [-0.05, 0) is 62.4 Å². The minimum absolute atomic E-state index is 0.284. The Balaban J connectivity index is 1.72. The van der Waals surface area contributed by atoms with Gasteiger partial charge in [0.05, 0.1) is 19.3 Å². The number of hydrazine groups is 1. The van der Waals surface area contributed by atoms with Crippen LogP contribution in [0.15, 0.2) is 48.5 Å². The summed E-state index contributed by atoms with van der Waals surface area (Å²) in [6.45, 7) is 3.23. The Hall–Kier alpha value is -3.75. The molecule has 9 nitrogen and oxygen atoms in total. The van der Waals surface area contributed by atoms with Crippen molar-refractivity contribution >= 4 is 17.8 Å². The Morgan fingerprint density at radius 3 is 2.10 bits per heavy atom. The van der Waals surface area contributed by atoms with Gasteiger partial charge < -0.3 is 18.9 Å². The number of hydrogen-bond donors (Lipinski definition) is 2. The fourth-order valence-corrected chi connectivity index (χ4v) is 2.23. The largest absolute Gasteiger partial charge is 0.497 e. The van der Waals surface area contributed by atoms with E-state index in [2.05, 4.69) is 10.9 Å². The number of hydrogen-bond acceptors (Lipinski definition) is 7. The maximum Gasteiger partial charge on any atom is 0.338 e. The molecule has 2 N–H and O–H groups in total. The Labute approximate surface area is 174 Å². The van der Waals surface area contributed by atoms with Crippen molar-refractivity contribution in [2.24, 2.45) is 0 Å². The van der Waals surface area contributed by atoms with E-state index in [1.807, 2.05) is 0 Å². The highest BCUT2D eigenvalue weighted by Gasteiger charge is 2.15. The van der Waals surface area contributed by atoms with E-state index in [-0.39, 0.29) is 13.2 Å². The van der Waals surface area contributed by atoms with Gasteiger partial charge in [-0.1, -0.05) is 0 Å². The molecule has 0 aromatic heterocycles. The van der Waals surface area contributed by atoms with Crippen LogP contribution in [0.25, 0.3) is 0 Å². The topological polar surface area (TPSA) is 112 Å². The van der Waals surface area contributed by atoms with E-state index in [0.717, 1.165) is 0 Å². The molecule has 0 saturated heterocycles. The van der Waals surface area contributed by atoms with E-state index in [1.165, 1.54) is 12.1 Å². The summed E-state index contributed by atoms with van der Waals surface area (Å²) in [6, 6.07) is 12.9. The molecule has 2 rings (SSSR count). The number of ether oxygens (including phenoxy) is 4. The second-order valence-corrected chi connectivity index (χ2v) is 6.01. The molecule has 1 unspecified atom stereocenters. The molecule has 2 amide bonds. The average molecular weight is 416 g/mol. The molecule has 9 heteroatoms. The monoisotopic (exact) mass is 416 g/mol. The third-order valence-electron chi connectivity index (χ3n) is 3.80. The number of carbonyl (C=O) groups excluding carboxylic acids is 3. The molecule has 2 aromatic carbocycles. The maximum atomic E-state index is 12.0. The molecule has 0 aliphatic heterocycles. The third kappa shape index (κ3) is 7.01. The lowest BCUT2D eigenvalue weighted by molar-refractivity contribution is -0.133. The Morgan fingerprint density at radius 2 is 1.50 bits per heavy atom. The lowest BCUT2D eigenvalue weighted by atomic mass is 10.2. The van der Waals surface area contributed by atoms with Crippen LogP contribution >= 0.6 is 0 Å². The zero-order valence-corrected chi connectivity index (χ0v) is 17.0. The molecule has 30 heavy (non-hydrogen) atoms. The van der Waals surface area contributed by atoms with Crippen molar-refractivity contribution in [3.63, 3.8) is 0 Å². The first-order valence-corrected chi connectivity index (χ1v) is 9.22. The average Bonchev–Trinajstić information content (AvgIpc) is 2.77. The number of methoxy groups -OCH3 is 1. The Kier molecular flexibility index (Phi) is 8.49. The van der Waals surface area contributed by atoms with Crippen molar-refractivity contribution < 1.29 is 33.3 Å². The van der Waals surface area contributed by atoms with Crippen LogP contribution in [0.3, 0.4) is 0 Å². The Morgan fingerprint density at radius 1 is 0.900 bits per heavy atom. The number of benzene rings is 2. The highest BCUT2D eigenvalue weighted by atomic mass is 16.5. The molecule has 1 atom stereocenters. The number of carbonyl (C=O) groups is 3. The molecular weight excluding hydrogens is 392 g/mol. The van der Waals surface area contributed by atoms with Crippen LogP contribution in [-0.4, -0.2) is 44.2 Å². The highest BCUT2D eigenvalue weighted by Crippen LogP contribution is 2.18. The standard InChI is InChI=1S/C21H24N2O7/c1-4-28-21(26)15-5-7-17(8-6-15)29-13-19(24)22-23-20(25)14(2)30-18-11-9-16(27-3)10-12-18/h5-12,14H,4,13H2,1-3H3,(H,22,24)(H,23,25). The highest BCUT2D eigenvalue weighted by molar-refractivity contribution is 5.89. The first-order valence-electron chi connectivity index (χ1n) is 9.22. The normalized spacial score (nSPS) is 11.0. The van der Waals surface area contributed by atoms with Gasteiger partial charge in [0.15, 0.2) is 12.7 Å². The lowest BCUT2D eigenvalue weighted by Crippen LogP contribution is -2.48. The van der Waals surface area contributed by atoms with Gasteiger partial charge in [-0.25, -0.2) is 4.79 Å². The summed E-state index contributed by atoms with van der Waals surface area (Å²) in [5.74, 6) is 0.0188. The van der Waals surface area contributed by atoms with E-state index in [9.17, 15) is 14.4 Å². The zero-order valence-electron chi connectivity index (χ0n) is 17.0. The fraction of sp³-hybridized carbons (Fsp3) is 0.286. The van der Waals surface area contributed by atoms with E-state index in [0.29, 0.717) is 22.8 Å². The second-order valence-electron chi connectivity index (χ2n) is 6.01. The van der Waals surface area contributed by atoms with Gasteiger partial charge in [0, 0.05) is 0 Å². The summed E-state index contributed by atoms with van der Waals surface area (Å²) in [4.78, 5) is 35.5. The van der Waals surface area contributed by atoms with Crippen molar-refractivity contribution in [2.75, 3.05) is 20.3 Å². The van der Waals surface area contributed by atoms with Gasteiger partial charge in [0.2, 0.25) is 0 Å². The molecule has 0 radical (unpaired) electrons. The van der Waals surface area contributed by atoms with Crippen LogP contribution in [0.4, 0.5) is 0 Å². The van der Waals surface area contributed by atoms with Crippen molar-refractivity contribution in [3.8, 4) is 17.2 Å². The maximum absolute atomic E-state index is 12.0. The van der Waals surface area contributed by atoms with E-state index >= 15 is 0 Å². The number of nitrogens with one attached hydrogen (secondary N) is 2. The van der Waals surface area contributed by atoms with E-state index in [4.69, 9.17) is 18.9 Å². The second kappa shape index (κ2) is 11.3. The minimum atomic E-state index is -0.838. The molecule has 0 heterocycles. The van der Waals surface area contributed by atoms with Gasteiger partial charge >= 0.3 is 5.97 Å². The smallest absolute Gasteiger partial charge is 0.338 e. The molecular formula is C21H24N2O7. The van der Waals surface area contributed by atoms with Crippen LogP contribution in [0, 0.1) is 0 Å². The van der Waals surface area contributed by atoms with Gasteiger partial charge in [-0.2, -0.15) is 0 Å².